The van der Waals surface area contributed by atoms with Gasteiger partial charge >= 0.3 is 0 Å². The Morgan fingerprint density at radius 2 is 1.73 bits per heavy atom. The molecule has 0 radical (unpaired) electrons. The van der Waals surface area contributed by atoms with Gasteiger partial charge in [-0.05, 0) is 61.9 Å². The lowest BCUT2D eigenvalue weighted by Crippen LogP contribution is -2.39. The zero-order valence-electron chi connectivity index (χ0n) is 21.2. The molecule has 1 aromatic heterocycles. The first-order chi connectivity index (χ1) is 18.0. The average molecular weight is 537 g/mol. The molecule has 0 spiro atoms. The first-order valence-electron chi connectivity index (χ1n) is 13.0. The summed E-state index contributed by atoms with van der Waals surface area (Å²) in [5.41, 5.74) is 5.66. The van der Waals surface area contributed by atoms with Crippen LogP contribution in [-0.2, 0) is 17.9 Å². The van der Waals surface area contributed by atoms with Gasteiger partial charge in [-0.3, -0.25) is 14.5 Å². The van der Waals surface area contributed by atoms with E-state index in [9.17, 15) is 9.59 Å². The third kappa shape index (κ3) is 6.40. The highest BCUT2D eigenvalue weighted by molar-refractivity contribution is 7.11. The summed E-state index contributed by atoms with van der Waals surface area (Å²) in [6.07, 6.45) is 3.69. The van der Waals surface area contributed by atoms with Crippen LogP contribution in [0.15, 0.2) is 54.0 Å². The minimum Gasteiger partial charge on any atom is -0.333 e. The van der Waals surface area contributed by atoms with Crippen molar-refractivity contribution in [2.45, 2.75) is 45.7 Å². The third-order valence-electron chi connectivity index (χ3n) is 7.14. The number of amides is 2. The minimum absolute atomic E-state index is 0.0104. The van der Waals surface area contributed by atoms with Gasteiger partial charge in [0.2, 0.25) is 5.91 Å². The molecule has 0 atom stereocenters. The van der Waals surface area contributed by atoms with Crippen molar-refractivity contribution in [1.82, 2.24) is 14.8 Å². The predicted molar refractivity (Wildman–Crippen MR) is 149 cm³/mol. The van der Waals surface area contributed by atoms with Crippen LogP contribution < -0.4 is 4.90 Å². The molecule has 1 fully saturated rings. The van der Waals surface area contributed by atoms with Crippen LogP contribution in [0, 0.1) is 12.8 Å². The third-order valence-corrected chi connectivity index (χ3v) is 8.31. The Morgan fingerprint density at radius 1 is 1.00 bits per heavy atom. The van der Waals surface area contributed by atoms with Crippen molar-refractivity contribution in [2.24, 2.45) is 5.92 Å². The fraction of sp³-hybridized carbons (Fsp3) is 0.414. The van der Waals surface area contributed by atoms with Crippen LogP contribution in [0.25, 0.3) is 0 Å². The first kappa shape index (κ1) is 25.9. The van der Waals surface area contributed by atoms with Crippen molar-refractivity contribution < 1.29 is 9.59 Å². The van der Waals surface area contributed by atoms with E-state index in [1.165, 1.54) is 16.9 Å². The topological polar surface area (TPSA) is 56.8 Å². The van der Waals surface area contributed by atoms with E-state index in [0.717, 1.165) is 67.3 Å². The van der Waals surface area contributed by atoms with Gasteiger partial charge < -0.3 is 9.80 Å². The van der Waals surface area contributed by atoms with E-state index >= 15 is 0 Å². The Labute approximate surface area is 227 Å². The molecule has 6 nitrogen and oxygen atoms in total. The summed E-state index contributed by atoms with van der Waals surface area (Å²) in [5.74, 6) is 0.352. The van der Waals surface area contributed by atoms with Crippen molar-refractivity contribution in [2.75, 3.05) is 31.1 Å². The van der Waals surface area contributed by atoms with Crippen molar-refractivity contribution in [3.63, 3.8) is 0 Å². The number of halogens is 1. The molecule has 2 amide bonds. The van der Waals surface area contributed by atoms with Gasteiger partial charge in [0.15, 0.2) is 0 Å². The molecular weight excluding hydrogens is 504 g/mol. The maximum atomic E-state index is 13.6. The molecule has 2 aliphatic rings. The number of benzene rings is 2. The summed E-state index contributed by atoms with van der Waals surface area (Å²) in [5, 5.41) is 0.734. The minimum atomic E-state index is 0.0104. The van der Waals surface area contributed by atoms with Gasteiger partial charge in [0, 0.05) is 55.9 Å². The van der Waals surface area contributed by atoms with E-state index in [2.05, 4.69) is 28.1 Å². The van der Waals surface area contributed by atoms with Crippen LogP contribution >= 0.6 is 22.9 Å². The molecule has 1 aliphatic heterocycles. The van der Waals surface area contributed by atoms with Crippen molar-refractivity contribution in [3.05, 3.63) is 80.8 Å². The number of aryl methyl sites for hydroxylation is 1. The van der Waals surface area contributed by atoms with Gasteiger partial charge in [0.25, 0.3) is 5.91 Å². The van der Waals surface area contributed by atoms with Gasteiger partial charge in [-0.15, -0.1) is 11.3 Å². The SMILES string of the molecule is Cc1ncsc1C(=O)N1CCCN(Cc2ccc(Cl)cc2)CCCN(C(=O)C2CC2)c2ccccc2C1. The molecule has 5 rings (SSSR count). The molecule has 0 saturated heterocycles. The van der Waals surface area contributed by atoms with Crippen LogP contribution in [0.1, 0.15) is 52.2 Å². The molecule has 37 heavy (non-hydrogen) atoms. The fourth-order valence-corrected chi connectivity index (χ4v) is 5.87. The molecular formula is C29H33ClN4O2S. The molecule has 1 aliphatic carbocycles. The second-order valence-electron chi connectivity index (χ2n) is 10.00. The zero-order valence-corrected chi connectivity index (χ0v) is 22.8. The molecule has 3 aromatic rings. The standard InChI is InChI=1S/C29H33ClN4O2S/c1-21-27(37-20-31-21)29(36)33-16-4-14-32(18-22-8-12-25(30)13-9-22)15-5-17-34(28(35)23-10-11-23)26-7-3-2-6-24(26)19-33/h2-3,6-9,12-13,20,23H,4-5,10-11,14-19H2,1H3. The zero-order chi connectivity index (χ0) is 25.8. The Balaban J connectivity index is 1.44. The Hall–Kier alpha value is -2.74. The number of carbonyl (C=O) groups excluding carboxylic acids is 2. The van der Waals surface area contributed by atoms with Gasteiger partial charge in [0.05, 0.1) is 11.2 Å². The Morgan fingerprint density at radius 3 is 2.43 bits per heavy atom. The number of hydrogen-bond acceptors (Lipinski definition) is 5. The molecule has 0 bridgehead atoms. The summed E-state index contributed by atoms with van der Waals surface area (Å²) < 4.78 is 0. The second kappa shape index (κ2) is 11.8. The maximum Gasteiger partial charge on any atom is 0.266 e. The summed E-state index contributed by atoms with van der Waals surface area (Å²) >= 11 is 7.49. The molecule has 2 heterocycles. The summed E-state index contributed by atoms with van der Waals surface area (Å²) in [6.45, 7) is 6.22. The lowest BCUT2D eigenvalue weighted by atomic mass is 10.1. The van der Waals surface area contributed by atoms with E-state index in [1.54, 1.807) is 5.51 Å². The smallest absolute Gasteiger partial charge is 0.266 e. The highest BCUT2D eigenvalue weighted by Crippen LogP contribution is 2.34. The number of thiazole rings is 1. The number of para-hydroxylation sites is 1. The number of rotatable bonds is 4. The monoisotopic (exact) mass is 536 g/mol. The van der Waals surface area contributed by atoms with E-state index < -0.39 is 0 Å². The highest BCUT2D eigenvalue weighted by atomic mass is 35.5. The van der Waals surface area contributed by atoms with Crippen molar-refractivity contribution >= 4 is 40.4 Å². The van der Waals surface area contributed by atoms with Crippen LogP contribution in [0.2, 0.25) is 5.02 Å². The van der Waals surface area contributed by atoms with Crippen molar-refractivity contribution in [3.8, 4) is 0 Å². The Kier molecular flexibility index (Phi) is 8.23. The van der Waals surface area contributed by atoms with Gasteiger partial charge in [-0.2, -0.15) is 0 Å². The number of hydrogen-bond donors (Lipinski definition) is 0. The predicted octanol–water partition coefficient (Wildman–Crippen LogP) is 5.79. The van der Waals surface area contributed by atoms with Crippen LogP contribution in [0.3, 0.4) is 0 Å². The first-order valence-corrected chi connectivity index (χ1v) is 14.3. The normalized spacial score (nSPS) is 17.6. The van der Waals surface area contributed by atoms with Gasteiger partial charge in [-0.25, -0.2) is 4.98 Å². The van der Waals surface area contributed by atoms with Gasteiger partial charge in [-0.1, -0.05) is 41.9 Å². The lowest BCUT2D eigenvalue weighted by molar-refractivity contribution is -0.119. The second-order valence-corrected chi connectivity index (χ2v) is 11.3. The number of anilines is 1. The molecule has 0 unspecified atom stereocenters. The number of fused-ring (bicyclic) bond motifs is 1. The van der Waals surface area contributed by atoms with E-state index in [-0.39, 0.29) is 17.7 Å². The summed E-state index contributed by atoms with van der Waals surface area (Å²) in [7, 11) is 0. The quantitative estimate of drug-likeness (QED) is 0.424. The van der Waals surface area contributed by atoms with Gasteiger partial charge in [0.1, 0.15) is 4.88 Å². The van der Waals surface area contributed by atoms with Crippen molar-refractivity contribution in [1.29, 1.82) is 0 Å². The maximum absolute atomic E-state index is 13.6. The lowest BCUT2D eigenvalue weighted by Gasteiger charge is -2.31. The molecule has 194 valence electrons. The fourth-order valence-electron chi connectivity index (χ4n) is 4.97. The van der Waals surface area contributed by atoms with Crippen LogP contribution in [-0.4, -0.2) is 52.8 Å². The number of nitrogens with zero attached hydrogens (tertiary/aromatic N) is 4. The summed E-state index contributed by atoms with van der Waals surface area (Å²) in [4.78, 5) is 38.4. The molecule has 2 aromatic carbocycles. The van der Waals surface area contributed by atoms with E-state index in [1.807, 2.05) is 47.1 Å². The Bertz CT molecular complexity index is 1240. The average Bonchev–Trinajstić information content (AvgIpc) is 3.66. The summed E-state index contributed by atoms with van der Waals surface area (Å²) in [6, 6.07) is 16.1. The molecule has 1 saturated carbocycles. The largest absolute Gasteiger partial charge is 0.333 e. The van der Waals surface area contributed by atoms with Crippen LogP contribution in [0.4, 0.5) is 5.69 Å². The highest BCUT2D eigenvalue weighted by Gasteiger charge is 2.35. The van der Waals surface area contributed by atoms with Crippen LogP contribution in [0.5, 0.6) is 0 Å². The number of carbonyl (C=O) groups is 2. The molecule has 8 heteroatoms. The van der Waals surface area contributed by atoms with E-state index in [0.29, 0.717) is 24.5 Å². The molecule has 0 N–H and O–H groups in total. The number of aromatic nitrogens is 1. The van der Waals surface area contributed by atoms with E-state index in [4.69, 9.17) is 11.6 Å².